The first-order valence-corrected chi connectivity index (χ1v) is 7.55. The van der Waals surface area contributed by atoms with Gasteiger partial charge < -0.3 is 10.2 Å². The summed E-state index contributed by atoms with van der Waals surface area (Å²) in [6, 6.07) is 11.3. The number of fused-ring (bicyclic) bond motifs is 1. The molecule has 1 unspecified atom stereocenters. The second kappa shape index (κ2) is 5.80. The van der Waals surface area contributed by atoms with E-state index in [-0.39, 0.29) is 0 Å². The highest BCUT2D eigenvalue weighted by Gasteiger charge is 2.19. The van der Waals surface area contributed by atoms with E-state index in [1.807, 2.05) is 0 Å². The van der Waals surface area contributed by atoms with Gasteiger partial charge in [-0.3, -0.25) is 4.98 Å². The highest BCUT2D eigenvalue weighted by atomic mass is 15.1. The maximum Gasteiger partial charge on any atom is 0.0726 e. The molecule has 3 nitrogen and oxygen atoms in total. The Kier molecular flexibility index (Phi) is 3.88. The van der Waals surface area contributed by atoms with Gasteiger partial charge in [-0.05, 0) is 51.4 Å². The molecule has 20 heavy (non-hydrogen) atoms. The third kappa shape index (κ3) is 2.63. The summed E-state index contributed by atoms with van der Waals surface area (Å²) in [6.07, 6.45) is 3.74. The van der Waals surface area contributed by atoms with Crippen molar-refractivity contribution < 1.29 is 0 Å². The minimum Gasteiger partial charge on any atom is -0.371 e. The fraction of sp³-hybridized carbons (Fsp3) is 0.471. The number of aryl methyl sites for hydroxylation is 1. The zero-order valence-electron chi connectivity index (χ0n) is 12.4. The van der Waals surface area contributed by atoms with E-state index in [1.165, 1.54) is 30.3 Å². The maximum absolute atomic E-state index is 4.64. The summed E-state index contributed by atoms with van der Waals surface area (Å²) in [5, 5.41) is 4.75. The first-order chi connectivity index (χ1) is 9.75. The highest BCUT2D eigenvalue weighted by Crippen LogP contribution is 2.29. The van der Waals surface area contributed by atoms with Gasteiger partial charge in [-0.1, -0.05) is 18.2 Å². The fourth-order valence-corrected chi connectivity index (χ4v) is 3.16. The lowest BCUT2D eigenvalue weighted by Gasteiger charge is -2.30. The van der Waals surface area contributed by atoms with E-state index < -0.39 is 0 Å². The lowest BCUT2D eigenvalue weighted by Crippen LogP contribution is -2.32. The number of pyridine rings is 1. The Hall–Kier alpha value is -1.61. The van der Waals surface area contributed by atoms with Crippen LogP contribution in [-0.4, -0.2) is 31.2 Å². The van der Waals surface area contributed by atoms with Crippen LogP contribution in [-0.2, 0) is 0 Å². The molecule has 3 rings (SSSR count). The standard InChI is InChI=1S/C17H23N3/c1-13-12-17(15-7-3-4-8-16(15)19-13)20(2)14-6-5-10-18-11-9-14/h3-4,7-8,12,14,18H,5-6,9-11H2,1-2H3. The molecule has 2 heterocycles. The number of benzene rings is 1. The number of hydrogen-bond acceptors (Lipinski definition) is 3. The zero-order chi connectivity index (χ0) is 13.9. The topological polar surface area (TPSA) is 28.2 Å². The molecule has 2 aromatic rings. The first kappa shape index (κ1) is 13.4. The van der Waals surface area contributed by atoms with Crippen molar-refractivity contribution in [3.63, 3.8) is 0 Å². The molecular formula is C17H23N3. The number of para-hydroxylation sites is 1. The van der Waals surface area contributed by atoms with Crippen molar-refractivity contribution >= 4 is 16.6 Å². The van der Waals surface area contributed by atoms with E-state index in [0.717, 1.165) is 24.3 Å². The number of hydrogen-bond donors (Lipinski definition) is 1. The van der Waals surface area contributed by atoms with Crippen LogP contribution in [0.5, 0.6) is 0 Å². The number of aromatic nitrogens is 1. The predicted molar refractivity (Wildman–Crippen MR) is 85.4 cm³/mol. The largest absolute Gasteiger partial charge is 0.371 e. The molecule has 0 spiro atoms. The van der Waals surface area contributed by atoms with Gasteiger partial charge in [0.15, 0.2) is 0 Å². The second-order valence-corrected chi connectivity index (χ2v) is 5.75. The van der Waals surface area contributed by atoms with E-state index >= 15 is 0 Å². The Labute approximate surface area is 121 Å². The van der Waals surface area contributed by atoms with Crippen LogP contribution in [0.15, 0.2) is 30.3 Å². The Morgan fingerprint density at radius 1 is 1.20 bits per heavy atom. The molecule has 1 aliphatic rings. The number of nitrogens with zero attached hydrogens (tertiary/aromatic N) is 2. The lowest BCUT2D eigenvalue weighted by molar-refractivity contribution is 0.567. The Bertz CT molecular complexity index is 586. The van der Waals surface area contributed by atoms with E-state index in [0.29, 0.717) is 6.04 Å². The van der Waals surface area contributed by atoms with Crippen LogP contribution in [0, 0.1) is 6.92 Å². The van der Waals surface area contributed by atoms with Gasteiger partial charge in [0, 0.05) is 29.9 Å². The molecule has 0 radical (unpaired) electrons. The van der Waals surface area contributed by atoms with Crippen LogP contribution in [0.2, 0.25) is 0 Å². The van der Waals surface area contributed by atoms with Crippen LogP contribution in [0.4, 0.5) is 5.69 Å². The minimum absolute atomic E-state index is 0.621. The average Bonchev–Trinajstić information content (AvgIpc) is 2.74. The summed E-state index contributed by atoms with van der Waals surface area (Å²) in [7, 11) is 2.23. The molecule has 0 amide bonds. The Balaban J connectivity index is 1.99. The van der Waals surface area contributed by atoms with Crippen molar-refractivity contribution in [1.29, 1.82) is 0 Å². The number of rotatable bonds is 2. The Morgan fingerprint density at radius 2 is 2.05 bits per heavy atom. The first-order valence-electron chi connectivity index (χ1n) is 7.55. The Morgan fingerprint density at radius 3 is 2.95 bits per heavy atom. The molecule has 106 valence electrons. The predicted octanol–water partition coefficient (Wildman–Crippen LogP) is 3.12. The smallest absolute Gasteiger partial charge is 0.0726 e. The second-order valence-electron chi connectivity index (χ2n) is 5.75. The summed E-state index contributed by atoms with van der Waals surface area (Å²) in [5.41, 5.74) is 3.51. The van der Waals surface area contributed by atoms with Gasteiger partial charge in [-0.25, -0.2) is 0 Å². The van der Waals surface area contributed by atoms with Gasteiger partial charge in [-0.15, -0.1) is 0 Å². The van der Waals surface area contributed by atoms with Gasteiger partial charge in [0.2, 0.25) is 0 Å². The highest BCUT2D eigenvalue weighted by molar-refractivity contribution is 5.92. The van der Waals surface area contributed by atoms with Gasteiger partial charge in [0.1, 0.15) is 0 Å². The third-order valence-corrected chi connectivity index (χ3v) is 4.30. The molecule has 1 saturated heterocycles. The molecule has 1 N–H and O–H groups in total. The monoisotopic (exact) mass is 269 g/mol. The van der Waals surface area contributed by atoms with Gasteiger partial charge in [0.25, 0.3) is 0 Å². The zero-order valence-corrected chi connectivity index (χ0v) is 12.4. The van der Waals surface area contributed by atoms with Crippen molar-refractivity contribution in [1.82, 2.24) is 10.3 Å². The maximum atomic E-state index is 4.64. The van der Waals surface area contributed by atoms with Gasteiger partial charge >= 0.3 is 0 Å². The number of anilines is 1. The minimum atomic E-state index is 0.621. The fourth-order valence-electron chi connectivity index (χ4n) is 3.16. The molecule has 1 aliphatic heterocycles. The lowest BCUT2D eigenvalue weighted by atomic mass is 10.1. The molecule has 1 aromatic heterocycles. The molecule has 1 fully saturated rings. The molecule has 0 aliphatic carbocycles. The van der Waals surface area contributed by atoms with E-state index in [1.54, 1.807) is 0 Å². The van der Waals surface area contributed by atoms with Crippen molar-refractivity contribution in [3.05, 3.63) is 36.0 Å². The van der Waals surface area contributed by atoms with E-state index in [2.05, 4.69) is 59.5 Å². The third-order valence-electron chi connectivity index (χ3n) is 4.30. The van der Waals surface area contributed by atoms with E-state index in [4.69, 9.17) is 0 Å². The van der Waals surface area contributed by atoms with Crippen molar-refractivity contribution in [3.8, 4) is 0 Å². The summed E-state index contributed by atoms with van der Waals surface area (Å²) in [4.78, 5) is 7.11. The van der Waals surface area contributed by atoms with Gasteiger partial charge in [-0.2, -0.15) is 0 Å². The normalized spacial score (nSPS) is 19.8. The summed E-state index contributed by atoms with van der Waals surface area (Å²) in [6.45, 7) is 4.36. The molecule has 1 aromatic carbocycles. The van der Waals surface area contributed by atoms with Crippen LogP contribution in [0.3, 0.4) is 0 Å². The SMILES string of the molecule is Cc1cc(N(C)C2CCCNCC2)c2ccccc2n1. The van der Waals surface area contributed by atoms with E-state index in [9.17, 15) is 0 Å². The summed E-state index contributed by atoms with van der Waals surface area (Å²) >= 11 is 0. The van der Waals surface area contributed by atoms with Crippen LogP contribution in [0.1, 0.15) is 25.0 Å². The van der Waals surface area contributed by atoms with Crippen molar-refractivity contribution in [2.24, 2.45) is 0 Å². The quantitative estimate of drug-likeness (QED) is 0.908. The molecule has 0 bridgehead atoms. The van der Waals surface area contributed by atoms with Crippen LogP contribution < -0.4 is 10.2 Å². The number of nitrogens with one attached hydrogen (secondary N) is 1. The van der Waals surface area contributed by atoms with Crippen molar-refractivity contribution in [2.75, 3.05) is 25.0 Å². The average molecular weight is 269 g/mol. The molecular weight excluding hydrogens is 246 g/mol. The summed E-state index contributed by atoms with van der Waals surface area (Å²) in [5.74, 6) is 0. The van der Waals surface area contributed by atoms with Crippen LogP contribution >= 0.6 is 0 Å². The summed E-state index contributed by atoms with van der Waals surface area (Å²) < 4.78 is 0. The molecule has 0 saturated carbocycles. The molecule has 3 heteroatoms. The van der Waals surface area contributed by atoms with Gasteiger partial charge in [0.05, 0.1) is 5.52 Å². The van der Waals surface area contributed by atoms with Crippen molar-refractivity contribution in [2.45, 2.75) is 32.2 Å². The van der Waals surface area contributed by atoms with Crippen LogP contribution in [0.25, 0.3) is 10.9 Å². The molecule has 1 atom stereocenters.